The molecule has 84 valence electrons. The Kier molecular flexibility index (Phi) is 4.56. The molecule has 3 heteroatoms. The lowest BCUT2D eigenvalue weighted by molar-refractivity contribution is 0.453. The van der Waals surface area contributed by atoms with Crippen LogP contribution in [0.15, 0.2) is 18.2 Å². The Bertz CT molecular complexity index is 314. The quantitative estimate of drug-likeness (QED) is 0.784. The molecule has 0 bridgehead atoms. The van der Waals surface area contributed by atoms with E-state index in [1.807, 2.05) is 0 Å². The van der Waals surface area contributed by atoms with Crippen molar-refractivity contribution in [3.05, 3.63) is 29.6 Å². The summed E-state index contributed by atoms with van der Waals surface area (Å²) in [6, 6.07) is 4.00. The lowest BCUT2D eigenvalue weighted by atomic mass is 10.1. The maximum atomic E-state index is 12.9. The molecule has 0 fully saturated rings. The molecular formula is C12H18FNO. The zero-order valence-electron chi connectivity index (χ0n) is 9.26. The molecule has 1 aromatic rings. The molecule has 1 aromatic carbocycles. The van der Waals surface area contributed by atoms with Crippen LogP contribution in [0, 0.1) is 11.7 Å². The first kappa shape index (κ1) is 12.0. The molecule has 0 amide bonds. The van der Waals surface area contributed by atoms with Gasteiger partial charge in [-0.3, -0.25) is 0 Å². The number of benzene rings is 1. The van der Waals surface area contributed by atoms with Crippen LogP contribution in [0.3, 0.4) is 0 Å². The van der Waals surface area contributed by atoms with Crippen molar-refractivity contribution < 1.29 is 9.50 Å². The molecule has 0 heterocycles. The van der Waals surface area contributed by atoms with Gasteiger partial charge < -0.3 is 10.4 Å². The molecule has 0 saturated carbocycles. The van der Waals surface area contributed by atoms with Gasteiger partial charge in [-0.05, 0) is 30.7 Å². The van der Waals surface area contributed by atoms with E-state index in [-0.39, 0.29) is 11.6 Å². The van der Waals surface area contributed by atoms with Gasteiger partial charge in [-0.2, -0.15) is 0 Å². The summed E-state index contributed by atoms with van der Waals surface area (Å²) in [5, 5.41) is 12.6. The van der Waals surface area contributed by atoms with Crippen LogP contribution in [0.2, 0.25) is 0 Å². The van der Waals surface area contributed by atoms with Crippen LogP contribution in [-0.2, 0) is 6.54 Å². The fraction of sp³-hybridized carbons (Fsp3) is 0.500. The Morgan fingerprint density at radius 1 is 1.47 bits per heavy atom. The van der Waals surface area contributed by atoms with Crippen LogP contribution >= 0.6 is 0 Å². The van der Waals surface area contributed by atoms with Crippen LogP contribution in [0.1, 0.15) is 25.8 Å². The predicted octanol–water partition coefficient (Wildman–Crippen LogP) is 2.67. The average Bonchev–Trinajstić information content (AvgIpc) is 2.23. The topological polar surface area (TPSA) is 32.3 Å². The Morgan fingerprint density at radius 2 is 2.20 bits per heavy atom. The van der Waals surface area contributed by atoms with Gasteiger partial charge in [0.15, 0.2) is 0 Å². The molecule has 0 saturated heterocycles. The van der Waals surface area contributed by atoms with Gasteiger partial charge in [-0.1, -0.05) is 20.3 Å². The van der Waals surface area contributed by atoms with Crippen LogP contribution in [-0.4, -0.2) is 11.7 Å². The molecule has 0 aliphatic carbocycles. The molecule has 0 aliphatic rings. The van der Waals surface area contributed by atoms with Gasteiger partial charge in [0.05, 0.1) is 0 Å². The fourth-order valence-electron chi connectivity index (χ4n) is 1.29. The van der Waals surface area contributed by atoms with Crippen molar-refractivity contribution in [1.29, 1.82) is 0 Å². The molecule has 2 N–H and O–H groups in total. The van der Waals surface area contributed by atoms with Crippen LogP contribution in [0.4, 0.5) is 4.39 Å². The van der Waals surface area contributed by atoms with E-state index in [0.717, 1.165) is 13.0 Å². The highest BCUT2D eigenvalue weighted by molar-refractivity contribution is 5.32. The smallest absolute Gasteiger partial charge is 0.123 e. The molecular weight excluding hydrogens is 193 g/mol. The number of phenolic OH excluding ortho intramolecular Hbond substituents is 1. The molecule has 1 unspecified atom stereocenters. The molecule has 2 nitrogen and oxygen atoms in total. The predicted molar refractivity (Wildman–Crippen MR) is 59.2 cm³/mol. The monoisotopic (exact) mass is 211 g/mol. The van der Waals surface area contributed by atoms with Crippen molar-refractivity contribution in [3.8, 4) is 5.75 Å². The molecule has 0 spiro atoms. The summed E-state index contributed by atoms with van der Waals surface area (Å²) >= 11 is 0. The molecule has 15 heavy (non-hydrogen) atoms. The zero-order valence-corrected chi connectivity index (χ0v) is 9.26. The summed E-state index contributed by atoms with van der Waals surface area (Å²) in [5.74, 6) is 0.432. The van der Waals surface area contributed by atoms with Crippen LogP contribution < -0.4 is 5.32 Å². The number of phenols is 1. The maximum Gasteiger partial charge on any atom is 0.123 e. The fourth-order valence-corrected chi connectivity index (χ4v) is 1.29. The van der Waals surface area contributed by atoms with Crippen molar-refractivity contribution >= 4 is 0 Å². The number of nitrogens with one attached hydrogen (secondary N) is 1. The first-order valence-electron chi connectivity index (χ1n) is 5.31. The Morgan fingerprint density at radius 3 is 2.87 bits per heavy atom. The van der Waals surface area contributed by atoms with E-state index in [4.69, 9.17) is 0 Å². The summed E-state index contributed by atoms with van der Waals surface area (Å²) in [7, 11) is 0. The van der Waals surface area contributed by atoms with Gasteiger partial charge >= 0.3 is 0 Å². The van der Waals surface area contributed by atoms with E-state index in [1.54, 1.807) is 0 Å². The summed E-state index contributed by atoms with van der Waals surface area (Å²) in [6.45, 7) is 5.67. The van der Waals surface area contributed by atoms with Crippen molar-refractivity contribution in [2.75, 3.05) is 6.54 Å². The van der Waals surface area contributed by atoms with Crippen molar-refractivity contribution in [1.82, 2.24) is 5.32 Å². The highest BCUT2D eigenvalue weighted by Gasteiger charge is 2.03. The summed E-state index contributed by atoms with van der Waals surface area (Å²) < 4.78 is 12.9. The second-order valence-electron chi connectivity index (χ2n) is 3.92. The summed E-state index contributed by atoms with van der Waals surface area (Å²) in [5.41, 5.74) is 0.610. The van der Waals surface area contributed by atoms with Gasteiger partial charge in [0, 0.05) is 12.1 Å². The van der Waals surface area contributed by atoms with Crippen molar-refractivity contribution in [2.45, 2.75) is 26.8 Å². The van der Waals surface area contributed by atoms with Gasteiger partial charge in [-0.25, -0.2) is 4.39 Å². The van der Waals surface area contributed by atoms with Gasteiger partial charge in [0.2, 0.25) is 0 Å². The number of aromatic hydroxyl groups is 1. The van der Waals surface area contributed by atoms with Gasteiger partial charge in [0.25, 0.3) is 0 Å². The number of hydrogen-bond donors (Lipinski definition) is 2. The zero-order chi connectivity index (χ0) is 11.3. The molecule has 1 atom stereocenters. The Labute approximate surface area is 90.1 Å². The summed E-state index contributed by atoms with van der Waals surface area (Å²) in [4.78, 5) is 0. The second kappa shape index (κ2) is 5.71. The van der Waals surface area contributed by atoms with E-state index in [1.165, 1.54) is 18.2 Å². The van der Waals surface area contributed by atoms with E-state index in [0.29, 0.717) is 18.0 Å². The first-order valence-corrected chi connectivity index (χ1v) is 5.31. The minimum Gasteiger partial charge on any atom is -0.508 e. The lowest BCUT2D eigenvalue weighted by Gasteiger charge is -2.10. The standard InChI is InChI=1S/C12H18FNO/c1-3-9(2)7-14-8-10-6-11(13)4-5-12(10)15/h4-6,9,14-15H,3,7-8H2,1-2H3. The van der Waals surface area contributed by atoms with Gasteiger partial charge in [-0.15, -0.1) is 0 Å². The van der Waals surface area contributed by atoms with Crippen LogP contribution in [0.25, 0.3) is 0 Å². The maximum absolute atomic E-state index is 12.9. The first-order chi connectivity index (χ1) is 7.13. The van der Waals surface area contributed by atoms with Crippen molar-refractivity contribution in [2.24, 2.45) is 5.92 Å². The molecule has 0 aliphatic heterocycles. The van der Waals surface area contributed by atoms with E-state index < -0.39 is 0 Å². The largest absolute Gasteiger partial charge is 0.508 e. The highest BCUT2D eigenvalue weighted by atomic mass is 19.1. The lowest BCUT2D eigenvalue weighted by Crippen LogP contribution is -2.20. The Hall–Kier alpha value is -1.09. The van der Waals surface area contributed by atoms with Gasteiger partial charge in [0.1, 0.15) is 11.6 Å². The summed E-state index contributed by atoms with van der Waals surface area (Å²) in [6.07, 6.45) is 1.11. The average molecular weight is 211 g/mol. The molecule has 1 rings (SSSR count). The SMILES string of the molecule is CCC(C)CNCc1cc(F)ccc1O. The number of halogens is 1. The highest BCUT2D eigenvalue weighted by Crippen LogP contribution is 2.17. The Balaban J connectivity index is 2.46. The third kappa shape index (κ3) is 3.88. The number of rotatable bonds is 5. The molecule has 0 radical (unpaired) electrons. The normalized spacial score (nSPS) is 12.7. The third-order valence-electron chi connectivity index (χ3n) is 2.55. The van der Waals surface area contributed by atoms with Crippen LogP contribution in [0.5, 0.6) is 5.75 Å². The third-order valence-corrected chi connectivity index (χ3v) is 2.55. The second-order valence-corrected chi connectivity index (χ2v) is 3.92. The van der Waals surface area contributed by atoms with E-state index in [2.05, 4.69) is 19.2 Å². The van der Waals surface area contributed by atoms with Crippen molar-refractivity contribution in [3.63, 3.8) is 0 Å². The molecule has 0 aromatic heterocycles. The minimum atomic E-state index is -0.312. The number of hydrogen-bond acceptors (Lipinski definition) is 2. The van der Waals surface area contributed by atoms with E-state index in [9.17, 15) is 9.50 Å². The van der Waals surface area contributed by atoms with E-state index >= 15 is 0 Å². The minimum absolute atomic E-state index is 0.146.